The van der Waals surface area contributed by atoms with Gasteiger partial charge in [-0.3, -0.25) is 4.79 Å². The van der Waals surface area contributed by atoms with Crippen molar-refractivity contribution in [1.29, 1.82) is 0 Å². The van der Waals surface area contributed by atoms with Crippen LogP contribution in [0, 0.1) is 5.92 Å². The molecular weight excluding hydrogens is 545 g/mol. The molecule has 0 spiro atoms. The molecule has 3 aromatic carbocycles. The summed E-state index contributed by atoms with van der Waals surface area (Å²) < 4.78 is 2.21. The van der Waals surface area contributed by atoms with Crippen LogP contribution in [0.3, 0.4) is 0 Å². The molecule has 3 atom stereocenters. The molecule has 0 bridgehead atoms. The summed E-state index contributed by atoms with van der Waals surface area (Å²) in [5, 5.41) is 5.86. The highest BCUT2D eigenvalue weighted by atomic mass is 35.5. The van der Waals surface area contributed by atoms with Crippen LogP contribution in [0.2, 0.25) is 10.0 Å². The van der Waals surface area contributed by atoms with E-state index in [0.29, 0.717) is 22.5 Å². The van der Waals surface area contributed by atoms with Gasteiger partial charge >= 0.3 is 0 Å². The topological polar surface area (TPSA) is 37.3 Å². The molecule has 4 aromatic rings. The number of aromatic nitrogens is 1. The maximum atomic E-state index is 14.0. The third-order valence-corrected chi connectivity index (χ3v) is 9.72. The number of anilines is 1. The predicted octanol–water partition coefficient (Wildman–Crippen LogP) is 8.89. The van der Waals surface area contributed by atoms with Gasteiger partial charge in [-0.05, 0) is 60.7 Å². The minimum absolute atomic E-state index is 0.119. The first-order valence-corrected chi connectivity index (χ1v) is 15.2. The van der Waals surface area contributed by atoms with Crippen molar-refractivity contribution in [2.45, 2.75) is 50.7 Å². The zero-order valence-electron chi connectivity index (χ0n) is 21.8. The first-order valence-electron chi connectivity index (χ1n) is 13.5. The van der Waals surface area contributed by atoms with E-state index in [-0.39, 0.29) is 17.4 Å². The molecule has 1 aromatic heterocycles. The molecule has 1 aliphatic heterocycles. The number of nitrogens with one attached hydrogen (secondary N) is 1. The van der Waals surface area contributed by atoms with Gasteiger partial charge in [-0.25, -0.2) is 0 Å². The van der Waals surface area contributed by atoms with E-state index in [2.05, 4.69) is 58.2 Å². The zero-order valence-corrected chi connectivity index (χ0v) is 24.1. The molecule has 1 amide bonds. The second-order valence-corrected chi connectivity index (χ2v) is 12.4. The normalized spacial score (nSPS) is 22.6. The fraction of sp³-hybridized carbons (Fsp3) is 0.281. The number of benzene rings is 3. The third kappa shape index (κ3) is 5.45. The predicted molar refractivity (Wildman–Crippen MR) is 165 cm³/mol. The van der Waals surface area contributed by atoms with Crippen molar-refractivity contribution in [3.05, 3.63) is 105 Å². The Morgan fingerprint density at radius 3 is 2.54 bits per heavy atom. The molecule has 2 fully saturated rings. The van der Waals surface area contributed by atoms with Crippen molar-refractivity contribution in [2.75, 3.05) is 5.32 Å². The van der Waals surface area contributed by atoms with Crippen LogP contribution in [-0.2, 0) is 11.3 Å². The number of carbonyl (C=O) groups is 1. The summed E-state index contributed by atoms with van der Waals surface area (Å²) in [4.78, 5) is 16.9. The lowest BCUT2D eigenvalue weighted by molar-refractivity contribution is -0.129. The smallest absolute Gasteiger partial charge is 0.262 e. The van der Waals surface area contributed by atoms with Crippen molar-refractivity contribution >= 4 is 63.5 Å². The van der Waals surface area contributed by atoms with E-state index in [0.717, 1.165) is 39.0 Å². The minimum atomic E-state index is -0.138. The molecule has 7 heteroatoms. The molecule has 1 aliphatic carbocycles. The number of rotatable bonds is 6. The second kappa shape index (κ2) is 11.3. The van der Waals surface area contributed by atoms with Gasteiger partial charge in [0.15, 0.2) is 5.50 Å². The summed E-state index contributed by atoms with van der Waals surface area (Å²) in [6.45, 7) is 2.95. The third-order valence-electron chi connectivity index (χ3n) is 7.87. The van der Waals surface area contributed by atoms with Gasteiger partial charge in [0.25, 0.3) is 5.91 Å². The zero-order chi connectivity index (χ0) is 26.9. The summed E-state index contributed by atoms with van der Waals surface area (Å²) in [6.07, 6.45) is 8.84. The molecule has 1 unspecified atom stereocenters. The van der Waals surface area contributed by atoms with Gasteiger partial charge in [-0.1, -0.05) is 97.2 Å². The van der Waals surface area contributed by atoms with Crippen LogP contribution in [0.4, 0.5) is 5.69 Å². The SMILES string of the molecule is C[C@H]1CCCC[C@@H]1N1C(=O)/C(=C/c2cn(Cc3ccc(Cl)c(Cl)c3)c3ccccc23)SC1Nc1ccccc1. The van der Waals surface area contributed by atoms with Crippen LogP contribution >= 0.6 is 35.0 Å². The Morgan fingerprint density at radius 1 is 0.974 bits per heavy atom. The van der Waals surface area contributed by atoms with Crippen LogP contribution in [0.15, 0.2) is 83.9 Å². The summed E-state index contributed by atoms with van der Waals surface area (Å²) >= 11 is 14.1. The Balaban J connectivity index is 1.35. The van der Waals surface area contributed by atoms with E-state index in [1.165, 1.54) is 19.3 Å². The average molecular weight is 577 g/mol. The molecule has 4 nitrogen and oxygen atoms in total. The van der Waals surface area contributed by atoms with Gasteiger partial charge in [0.2, 0.25) is 0 Å². The summed E-state index contributed by atoms with van der Waals surface area (Å²) in [7, 11) is 0. The van der Waals surface area contributed by atoms with E-state index in [9.17, 15) is 4.79 Å². The Morgan fingerprint density at radius 2 is 1.74 bits per heavy atom. The Bertz CT molecular complexity index is 1530. The number of fused-ring (bicyclic) bond motifs is 1. The monoisotopic (exact) mass is 575 g/mol. The highest BCUT2D eigenvalue weighted by Crippen LogP contribution is 2.42. The van der Waals surface area contributed by atoms with Crippen molar-refractivity contribution in [1.82, 2.24) is 9.47 Å². The number of para-hydroxylation sites is 2. The molecule has 1 saturated carbocycles. The van der Waals surface area contributed by atoms with Crippen molar-refractivity contribution < 1.29 is 4.79 Å². The number of halogens is 2. The summed E-state index contributed by atoms with van der Waals surface area (Å²) in [5.74, 6) is 0.601. The fourth-order valence-corrected chi connectivity index (χ4v) is 7.39. The van der Waals surface area contributed by atoms with Crippen LogP contribution < -0.4 is 5.32 Å². The van der Waals surface area contributed by atoms with Gasteiger partial charge in [0.05, 0.1) is 15.0 Å². The molecule has 6 rings (SSSR count). The van der Waals surface area contributed by atoms with Crippen LogP contribution in [0.1, 0.15) is 43.7 Å². The lowest BCUT2D eigenvalue weighted by Gasteiger charge is -2.39. The van der Waals surface area contributed by atoms with Gasteiger partial charge in [0, 0.05) is 40.9 Å². The standard InChI is InChI=1S/C32H31Cl2N3OS/c1-21-9-5-7-13-28(21)37-31(38)30(39-32(37)35-24-10-3-2-4-11-24)18-23-20-36(29-14-8-6-12-25(23)29)19-22-15-16-26(33)27(34)17-22/h2-4,6,8,10-12,14-18,20-21,28,32,35H,5,7,9,13,19H2,1H3/b30-18-/t21-,28-,32?/m0/s1. The molecule has 0 radical (unpaired) electrons. The molecular formula is C32H31Cl2N3OS. The maximum Gasteiger partial charge on any atom is 0.262 e. The Kier molecular flexibility index (Phi) is 7.66. The van der Waals surface area contributed by atoms with E-state index in [4.69, 9.17) is 23.2 Å². The number of carbonyl (C=O) groups excluding carboxylic acids is 1. The first kappa shape index (κ1) is 26.4. The van der Waals surface area contributed by atoms with Gasteiger partial charge in [-0.15, -0.1) is 0 Å². The lowest BCUT2D eigenvalue weighted by Crippen LogP contribution is -2.48. The Hall–Kier alpha value is -2.86. The Labute approximate surface area is 244 Å². The van der Waals surface area contributed by atoms with Crippen molar-refractivity contribution in [3.63, 3.8) is 0 Å². The summed E-state index contributed by atoms with van der Waals surface area (Å²) in [5.41, 5.74) is 4.11. The van der Waals surface area contributed by atoms with Crippen LogP contribution in [-0.4, -0.2) is 26.9 Å². The van der Waals surface area contributed by atoms with Gasteiger partial charge in [0.1, 0.15) is 0 Å². The molecule has 39 heavy (non-hydrogen) atoms. The number of hydrogen-bond acceptors (Lipinski definition) is 3. The van der Waals surface area contributed by atoms with E-state index in [1.807, 2.05) is 48.5 Å². The number of amides is 1. The van der Waals surface area contributed by atoms with E-state index in [1.54, 1.807) is 11.8 Å². The largest absolute Gasteiger partial charge is 0.356 e. The van der Waals surface area contributed by atoms with Crippen LogP contribution in [0.5, 0.6) is 0 Å². The number of nitrogens with zero attached hydrogens (tertiary/aromatic N) is 2. The molecule has 200 valence electrons. The fourth-order valence-electron chi connectivity index (χ4n) is 5.86. The lowest BCUT2D eigenvalue weighted by atomic mass is 9.85. The van der Waals surface area contributed by atoms with E-state index >= 15 is 0 Å². The van der Waals surface area contributed by atoms with E-state index < -0.39 is 0 Å². The quantitative estimate of drug-likeness (QED) is 0.233. The summed E-state index contributed by atoms with van der Waals surface area (Å²) in [6, 6.07) is 24.5. The highest BCUT2D eigenvalue weighted by molar-refractivity contribution is 8.05. The van der Waals surface area contributed by atoms with Crippen LogP contribution in [0.25, 0.3) is 17.0 Å². The van der Waals surface area contributed by atoms with Crippen molar-refractivity contribution in [3.8, 4) is 0 Å². The maximum absolute atomic E-state index is 14.0. The average Bonchev–Trinajstić information content (AvgIpc) is 3.44. The molecule has 1 saturated heterocycles. The van der Waals surface area contributed by atoms with Gasteiger partial charge in [-0.2, -0.15) is 0 Å². The first-order chi connectivity index (χ1) is 19.0. The molecule has 2 aliphatic rings. The molecule has 1 N–H and O–H groups in total. The van der Waals surface area contributed by atoms with Crippen molar-refractivity contribution in [2.24, 2.45) is 5.92 Å². The molecule has 2 heterocycles. The second-order valence-electron chi connectivity index (χ2n) is 10.5. The number of thioether (sulfide) groups is 1. The minimum Gasteiger partial charge on any atom is -0.356 e. The van der Waals surface area contributed by atoms with Gasteiger partial charge < -0.3 is 14.8 Å². The number of hydrogen-bond donors (Lipinski definition) is 1. The highest BCUT2D eigenvalue weighted by Gasteiger charge is 2.43.